The summed E-state index contributed by atoms with van der Waals surface area (Å²) < 4.78 is 0. The summed E-state index contributed by atoms with van der Waals surface area (Å²) in [5, 5.41) is 0. The van der Waals surface area contributed by atoms with Crippen LogP contribution in [0.5, 0.6) is 0 Å². The van der Waals surface area contributed by atoms with Crippen molar-refractivity contribution in [2.24, 2.45) is 17.8 Å². The Bertz CT molecular complexity index is 2270. The van der Waals surface area contributed by atoms with E-state index < -0.39 is 0 Å². The number of benzene rings is 5. The molecule has 8 aliphatic carbocycles. The molecule has 0 N–H and O–H groups in total. The summed E-state index contributed by atoms with van der Waals surface area (Å²) in [6.45, 7) is 4.95. The molecule has 0 unspecified atom stereocenters. The molecule has 6 saturated carbocycles. The zero-order valence-corrected chi connectivity index (χ0v) is 33.2. The molecular formula is C54H57N. The van der Waals surface area contributed by atoms with Gasteiger partial charge in [-0.1, -0.05) is 101 Å². The molecule has 1 nitrogen and oxygen atoms in total. The summed E-state index contributed by atoms with van der Waals surface area (Å²) in [5.74, 6) is 3.60. The molecule has 8 aliphatic rings. The third-order valence-corrected chi connectivity index (χ3v) is 16.8. The summed E-state index contributed by atoms with van der Waals surface area (Å²) in [5.41, 5.74) is 19.5. The second kappa shape index (κ2) is 12.0. The van der Waals surface area contributed by atoms with E-state index in [0.29, 0.717) is 11.3 Å². The molecule has 0 radical (unpaired) electrons. The lowest BCUT2D eigenvalue weighted by molar-refractivity contribution is -0.00518. The first kappa shape index (κ1) is 33.1. The Morgan fingerprint density at radius 2 is 1.05 bits per heavy atom. The average Bonchev–Trinajstić information content (AvgIpc) is 3.87. The molecular weight excluding hydrogens is 663 g/mol. The highest BCUT2D eigenvalue weighted by Gasteiger charge is 2.52. The van der Waals surface area contributed by atoms with E-state index in [1.165, 1.54) is 152 Å². The van der Waals surface area contributed by atoms with Crippen molar-refractivity contribution < 1.29 is 0 Å². The highest BCUT2D eigenvalue weighted by atomic mass is 15.1. The van der Waals surface area contributed by atoms with Crippen molar-refractivity contribution in [3.63, 3.8) is 0 Å². The molecule has 0 amide bonds. The van der Waals surface area contributed by atoms with E-state index in [-0.39, 0.29) is 10.8 Å². The van der Waals surface area contributed by atoms with Crippen LogP contribution in [0.15, 0.2) is 103 Å². The predicted octanol–water partition coefficient (Wildman–Crippen LogP) is 14.8. The summed E-state index contributed by atoms with van der Waals surface area (Å²) >= 11 is 0. The standard InChI is InChI=1S/C54H57N/c1-52(2)49-29-43(22-23-45(49)46-31-51-47(30-50(46)52)44-12-6-7-13-48(44)54(51)24-8-9-25-54)55(41-18-14-39(15-19-41)38-10-4-3-5-11-38)42-20-16-40(17-21-42)53-32-35-26-36(33-53)28-37(27-35)34-53/h6-7,12-23,29-31,35-38H,3-5,8-11,24-28,32-34H2,1-2H3. The smallest absolute Gasteiger partial charge is 0.0465 e. The Balaban J connectivity index is 0.953. The number of anilines is 3. The lowest BCUT2D eigenvalue weighted by Gasteiger charge is -2.57. The lowest BCUT2D eigenvalue weighted by atomic mass is 9.48. The third-order valence-electron chi connectivity index (χ3n) is 16.8. The van der Waals surface area contributed by atoms with E-state index in [2.05, 4.69) is 122 Å². The van der Waals surface area contributed by atoms with Crippen LogP contribution in [0.25, 0.3) is 22.3 Å². The van der Waals surface area contributed by atoms with Gasteiger partial charge in [0.05, 0.1) is 0 Å². The van der Waals surface area contributed by atoms with E-state index in [1.807, 2.05) is 0 Å². The second-order valence-electron chi connectivity index (χ2n) is 20.1. The van der Waals surface area contributed by atoms with Crippen LogP contribution in [0.1, 0.15) is 149 Å². The maximum absolute atomic E-state index is 2.65. The maximum Gasteiger partial charge on any atom is 0.0465 e. The van der Waals surface area contributed by atoms with E-state index in [0.717, 1.165) is 17.8 Å². The average molecular weight is 720 g/mol. The van der Waals surface area contributed by atoms with E-state index >= 15 is 0 Å². The Labute approximate surface area is 329 Å². The molecule has 6 fully saturated rings. The van der Waals surface area contributed by atoms with Crippen molar-refractivity contribution >= 4 is 17.1 Å². The molecule has 0 heterocycles. The Morgan fingerprint density at radius 1 is 0.491 bits per heavy atom. The van der Waals surface area contributed by atoms with Crippen LogP contribution >= 0.6 is 0 Å². The van der Waals surface area contributed by atoms with Crippen molar-refractivity contribution in [3.05, 3.63) is 137 Å². The van der Waals surface area contributed by atoms with Crippen molar-refractivity contribution in [3.8, 4) is 22.3 Å². The highest BCUT2D eigenvalue weighted by molar-refractivity contribution is 5.91. The first-order valence-corrected chi connectivity index (χ1v) is 22.3. The second-order valence-corrected chi connectivity index (χ2v) is 20.1. The largest absolute Gasteiger partial charge is 0.310 e. The minimum Gasteiger partial charge on any atom is -0.310 e. The van der Waals surface area contributed by atoms with Gasteiger partial charge >= 0.3 is 0 Å². The van der Waals surface area contributed by atoms with Crippen LogP contribution < -0.4 is 4.90 Å². The summed E-state index contributed by atoms with van der Waals surface area (Å²) in [4.78, 5) is 2.57. The molecule has 1 spiro atoms. The van der Waals surface area contributed by atoms with Gasteiger partial charge in [0.15, 0.2) is 0 Å². The van der Waals surface area contributed by atoms with Crippen LogP contribution in [0.3, 0.4) is 0 Å². The zero-order valence-electron chi connectivity index (χ0n) is 33.2. The van der Waals surface area contributed by atoms with Crippen LogP contribution in [-0.2, 0) is 16.2 Å². The zero-order chi connectivity index (χ0) is 36.5. The van der Waals surface area contributed by atoms with E-state index in [9.17, 15) is 0 Å². The normalized spacial score (nSPS) is 27.6. The van der Waals surface area contributed by atoms with Crippen molar-refractivity contribution in [1.29, 1.82) is 0 Å². The van der Waals surface area contributed by atoms with Gasteiger partial charge < -0.3 is 4.90 Å². The van der Waals surface area contributed by atoms with Crippen LogP contribution in [0.2, 0.25) is 0 Å². The molecule has 0 aliphatic heterocycles. The van der Waals surface area contributed by atoms with Gasteiger partial charge in [0.1, 0.15) is 0 Å². The SMILES string of the molecule is CC1(C)c2cc(N(c3ccc(C4CCCCC4)cc3)c3ccc(C45CC6CC(CC(C6)C4)C5)cc3)ccc2-c2cc3c(cc21)-c1ccccc1C31CCCC1. The lowest BCUT2D eigenvalue weighted by Crippen LogP contribution is -2.48. The molecule has 13 rings (SSSR count). The molecule has 1 heteroatoms. The quantitative estimate of drug-likeness (QED) is 0.175. The summed E-state index contributed by atoms with van der Waals surface area (Å²) in [7, 11) is 0. The Hall–Kier alpha value is -4.10. The van der Waals surface area contributed by atoms with Crippen LogP contribution in [0, 0.1) is 17.8 Å². The monoisotopic (exact) mass is 719 g/mol. The summed E-state index contributed by atoms with van der Waals surface area (Å²) in [6, 6.07) is 41.8. The number of nitrogens with zero attached hydrogens (tertiary/aromatic N) is 1. The van der Waals surface area contributed by atoms with Gasteiger partial charge in [-0.15, -0.1) is 0 Å². The predicted molar refractivity (Wildman–Crippen MR) is 229 cm³/mol. The topological polar surface area (TPSA) is 3.24 Å². The molecule has 0 aromatic heterocycles. The first-order chi connectivity index (χ1) is 26.9. The number of rotatable bonds is 5. The molecule has 5 aromatic rings. The number of hydrogen-bond acceptors (Lipinski definition) is 1. The van der Waals surface area contributed by atoms with Gasteiger partial charge in [0, 0.05) is 27.9 Å². The molecule has 0 atom stereocenters. The third kappa shape index (κ3) is 4.83. The minimum absolute atomic E-state index is 0.0883. The van der Waals surface area contributed by atoms with Crippen LogP contribution in [-0.4, -0.2) is 0 Å². The van der Waals surface area contributed by atoms with Gasteiger partial charge in [-0.05, 0) is 197 Å². The van der Waals surface area contributed by atoms with E-state index in [4.69, 9.17) is 0 Å². The molecule has 5 aromatic carbocycles. The van der Waals surface area contributed by atoms with Gasteiger partial charge in [-0.2, -0.15) is 0 Å². The Kier molecular flexibility index (Phi) is 7.19. The Morgan fingerprint density at radius 3 is 1.75 bits per heavy atom. The fourth-order valence-electron chi connectivity index (χ4n) is 14.5. The maximum atomic E-state index is 2.65. The number of hydrogen-bond donors (Lipinski definition) is 0. The van der Waals surface area contributed by atoms with Crippen molar-refractivity contribution in [2.45, 2.75) is 132 Å². The van der Waals surface area contributed by atoms with Crippen LogP contribution in [0.4, 0.5) is 17.1 Å². The first-order valence-electron chi connectivity index (χ1n) is 22.3. The summed E-state index contributed by atoms with van der Waals surface area (Å²) in [6.07, 6.45) is 20.8. The fraction of sp³-hybridized carbons (Fsp3) is 0.444. The van der Waals surface area contributed by atoms with Crippen molar-refractivity contribution in [1.82, 2.24) is 0 Å². The van der Waals surface area contributed by atoms with Crippen molar-refractivity contribution in [2.75, 3.05) is 4.90 Å². The molecule has 0 saturated heterocycles. The van der Waals surface area contributed by atoms with Gasteiger partial charge in [-0.25, -0.2) is 0 Å². The van der Waals surface area contributed by atoms with Gasteiger partial charge in [-0.3, -0.25) is 0 Å². The van der Waals surface area contributed by atoms with E-state index in [1.54, 1.807) is 16.7 Å². The fourth-order valence-corrected chi connectivity index (χ4v) is 14.5. The molecule has 4 bridgehead atoms. The molecule has 278 valence electrons. The minimum atomic E-state index is -0.0883. The number of fused-ring (bicyclic) bond motifs is 8. The van der Waals surface area contributed by atoms with Gasteiger partial charge in [0.2, 0.25) is 0 Å². The molecule has 55 heavy (non-hydrogen) atoms. The van der Waals surface area contributed by atoms with Gasteiger partial charge in [0.25, 0.3) is 0 Å². The highest BCUT2D eigenvalue weighted by Crippen LogP contribution is 2.62.